The van der Waals surface area contributed by atoms with Gasteiger partial charge in [-0.05, 0) is 42.0 Å². The highest BCUT2D eigenvalue weighted by Gasteiger charge is 2.03. The molecule has 0 unspecified atom stereocenters. The van der Waals surface area contributed by atoms with Gasteiger partial charge < -0.3 is 4.74 Å². The molecule has 20 heavy (non-hydrogen) atoms. The van der Waals surface area contributed by atoms with E-state index in [-0.39, 0.29) is 5.78 Å². The number of Topliss-reactive ketones (excluding diaryl/α,β-unsaturated/α-hetero) is 1. The monoisotopic (exact) mass is 265 g/mol. The molecule has 0 radical (unpaired) electrons. The molecular formula is C17H15NO2. The van der Waals surface area contributed by atoms with Crippen LogP contribution >= 0.6 is 0 Å². The van der Waals surface area contributed by atoms with Crippen molar-refractivity contribution in [1.82, 2.24) is 0 Å². The molecular weight excluding hydrogens is 250 g/mol. The molecule has 0 saturated heterocycles. The number of hydrogen-bond donors (Lipinski definition) is 0. The summed E-state index contributed by atoms with van der Waals surface area (Å²) in [5.41, 5.74) is 1.66. The molecule has 0 aliphatic heterocycles. The van der Waals surface area contributed by atoms with Crippen molar-refractivity contribution < 1.29 is 9.53 Å². The molecule has 0 fully saturated rings. The van der Waals surface area contributed by atoms with Crippen LogP contribution in [0.5, 0.6) is 11.5 Å². The van der Waals surface area contributed by atoms with Gasteiger partial charge in [0, 0.05) is 12.0 Å². The highest BCUT2D eigenvalue weighted by atomic mass is 16.5. The van der Waals surface area contributed by atoms with Crippen molar-refractivity contribution in [2.24, 2.45) is 0 Å². The predicted molar refractivity (Wildman–Crippen MR) is 76.9 cm³/mol. The van der Waals surface area contributed by atoms with Crippen LogP contribution in [0, 0.1) is 11.3 Å². The fourth-order valence-corrected chi connectivity index (χ4v) is 1.82. The lowest BCUT2D eigenvalue weighted by molar-refractivity contribution is 0.0988. The van der Waals surface area contributed by atoms with Crippen molar-refractivity contribution in [3.05, 3.63) is 59.7 Å². The largest absolute Gasteiger partial charge is 0.457 e. The summed E-state index contributed by atoms with van der Waals surface area (Å²) in [6, 6.07) is 16.6. The maximum atomic E-state index is 11.5. The molecule has 0 heterocycles. The summed E-state index contributed by atoms with van der Waals surface area (Å²) in [7, 11) is 0. The van der Waals surface area contributed by atoms with Gasteiger partial charge in [-0.15, -0.1) is 0 Å². The van der Waals surface area contributed by atoms with Crippen LogP contribution in [0.3, 0.4) is 0 Å². The number of rotatable bonds is 5. The van der Waals surface area contributed by atoms with Gasteiger partial charge in [0.25, 0.3) is 0 Å². The third-order valence-electron chi connectivity index (χ3n) is 2.94. The smallest absolute Gasteiger partial charge is 0.162 e. The van der Waals surface area contributed by atoms with E-state index in [2.05, 4.69) is 6.07 Å². The van der Waals surface area contributed by atoms with E-state index in [0.717, 1.165) is 5.56 Å². The zero-order valence-corrected chi connectivity index (χ0v) is 11.3. The van der Waals surface area contributed by atoms with Crippen molar-refractivity contribution in [3.8, 4) is 17.6 Å². The first-order valence-electron chi connectivity index (χ1n) is 6.50. The first-order valence-corrected chi connectivity index (χ1v) is 6.50. The van der Waals surface area contributed by atoms with E-state index in [1.807, 2.05) is 31.2 Å². The molecule has 100 valence electrons. The Morgan fingerprint density at radius 1 is 1.05 bits per heavy atom. The fraction of sp³-hybridized carbons (Fsp3) is 0.176. The number of carbonyl (C=O) groups excluding carboxylic acids is 1. The third-order valence-corrected chi connectivity index (χ3v) is 2.94. The molecule has 0 bridgehead atoms. The minimum Gasteiger partial charge on any atom is -0.457 e. The summed E-state index contributed by atoms with van der Waals surface area (Å²) < 4.78 is 5.69. The summed E-state index contributed by atoms with van der Waals surface area (Å²) in [6.45, 7) is 1.84. The SMILES string of the molecule is CCC(=O)c1ccc(Oc2ccc(CC#N)cc2)cc1. The number of nitrogens with zero attached hydrogens (tertiary/aromatic N) is 1. The normalized spacial score (nSPS) is 9.80. The van der Waals surface area contributed by atoms with E-state index < -0.39 is 0 Å². The molecule has 0 saturated carbocycles. The Labute approximate surface area is 118 Å². The van der Waals surface area contributed by atoms with Crippen molar-refractivity contribution >= 4 is 5.78 Å². The molecule has 0 aromatic heterocycles. The average Bonchev–Trinajstić information content (AvgIpc) is 2.49. The van der Waals surface area contributed by atoms with E-state index in [9.17, 15) is 4.79 Å². The Morgan fingerprint density at radius 2 is 1.60 bits per heavy atom. The van der Waals surface area contributed by atoms with Crippen LogP contribution < -0.4 is 4.74 Å². The fourth-order valence-electron chi connectivity index (χ4n) is 1.82. The van der Waals surface area contributed by atoms with Crippen molar-refractivity contribution in [2.75, 3.05) is 0 Å². The number of carbonyl (C=O) groups is 1. The maximum Gasteiger partial charge on any atom is 0.162 e. The van der Waals surface area contributed by atoms with Crippen molar-refractivity contribution in [1.29, 1.82) is 5.26 Å². The molecule has 2 aromatic rings. The lowest BCUT2D eigenvalue weighted by Gasteiger charge is -2.06. The number of ether oxygens (including phenoxy) is 1. The number of nitriles is 1. The van der Waals surface area contributed by atoms with Gasteiger partial charge in [-0.3, -0.25) is 4.79 Å². The topological polar surface area (TPSA) is 50.1 Å². The second-order valence-corrected chi connectivity index (χ2v) is 4.38. The first-order chi connectivity index (χ1) is 9.72. The Kier molecular flexibility index (Phi) is 4.52. The third kappa shape index (κ3) is 3.46. The van der Waals surface area contributed by atoms with Gasteiger partial charge in [-0.1, -0.05) is 19.1 Å². The Balaban J connectivity index is 2.06. The standard InChI is InChI=1S/C17H15NO2/c1-2-17(19)14-5-9-16(10-6-14)20-15-7-3-13(4-8-15)11-12-18/h3-10H,2,11H2,1H3. The van der Waals surface area contributed by atoms with Gasteiger partial charge >= 0.3 is 0 Å². The van der Waals surface area contributed by atoms with Gasteiger partial charge in [0.2, 0.25) is 0 Å². The lowest BCUT2D eigenvalue weighted by atomic mass is 10.1. The second-order valence-electron chi connectivity index (χ2n) is 4.38. The Bertz CT molecular complexity index is 622. The van der Waals surface area contributed by atoms with E-state index in [1.165, 1.54) is 0 Å². The maximum absolute atomic E-state index is 11.5. The predicted octanol–water partition coefficient (Wildman–Crippen LogP) is 4.14. The Hall–Kier alpha value is -2.60. The van der Waals surface area contributed by atoms with Crippen molar-refractivity contribution in [3.63, 3.8) is 0 Å². The minimum atomic E-state index is 0.123. The molecule has 3 heteroatoms. The average molecular weight is 265 g/mol. The van der Waals surface area contributed by atoms with Gasteiger partial charge in [0.05, 0.1) is 12.5 Å². The van der Waals surface area contributed by atoms with Gasteiger partial charge in [0.15, 0.2) is 5.78 Å². The summed E-state index contributed by atoms with van der Waals surface area (Å²) in [5.74, 6) is 1.52. The van der Waals surface area contributed by atoms with Gasteiger partial charge in [-0.2, -0.15) is 5.26 Å². The summed E-state index contributed by atoms with van der Waals surface area (Å²) in [4.78, 5) is 11.5. The number of benzene rings is 2. The van der Waals surface area contributed by atoms with Crippen LogP contribution in [0.2, 0.25) is 0 Å². The molecule has 0 atom stereocenters. The van der Waals surface area contributed by atoms with Crippen LogP contribution in [0.15, 0.2) is 48.5 Å². The van der Waals surface area contributed by atoms with Crippen LogP contribution in [0.25, 0.3) is 0 Å². The summed E-state index contributed by atoms with van der Waals surface area (Å²) >= 11 is 0. The first kappa shape index (κ1) is 13.8. The van der Waals surface area contributed by atoms with Crippen LogP contribution in [-0.2, 0) is 6.42 Å². The number of ketones is 1. The lowest BCUT2D eigenvalue weighted by Crippen LogP contribution is -1.95. The van der Waals surface area contributed by atoms with E-state index in [1.54, 1.807) is 24.3 Å². The highest BCUT2D eigenvalue weighted by molar-refractivity contribution is 5.95. The van der Waals surface area contributed by atoms with E-state index in [0.29, 0.717) is 29.9 Å². The van der Waals surface area contributed by atoms with E-state index >= 15 is 0 Å². The molecule has 0 aliphatic carbocycles. The summed E-state index contributed by atoms with van der Waals surface area (Å²) in [6.07, 6.45) is 0.897. The molecule has 2 rings (SSSR count). The molecule has 3 nitrogen and oxygen atoms in total. The summed E-state index contributed by atoms with van der Waals surface area (Å²) in [5, 5.41) is 8.61. The van der Waals surface area contributed by atoms with Crippen LogP contribution in [0.4, 0.5) is 0 Å². The molecule has 0 aliphatic rings. The molecule has 0 amide bonds. The van der Waals surface area contributed by atoms with Gasteiger partial charge in [-0.25, -0.2) is 0 Å². The van der Waals surface area contributed by atoms with E-state index in [4.69, 9.17) is 10.00 Å². The molecule has 0 spiro atoms. The van der Waals surface area contributed by atoms with Crippen LogP contribution in [0.1, 0.15) is 29.3 Å². The molecule has 0 N–H and O–H groups in total. The quantitative estimate of drug-likeness (QED) is 0.763. The Morgan fingerprint density at radius 3 is 2.10 bits per heavy atom. The minimum absolute atomic E-state index is 0.123. The van der Waals surface area contributed by atoms with Gasteiger partial charge in [0.1, 0.15) is 11.5 Å². The highest BCUT2D eigenvalue weighted by Crippen LogP contribution is 2.22. The van der Waals surface area contributed by atoms with Crippen molar-refractivity contribution in [2.45, 2.75) is 19.8 Å². The second kappa shape index (κ2) is 6.53. The zero-order valence-electron chi connectivity index (χ0n) is 11.3. The zero-order chi connectivity index (χ0) is 14.4. The van der Waals surface area contributed by atoms with Crippen LogP contribution in [-0.4, -0.2) is 5.78 Å². The molecule has 2 aromatic carbocycles. The number of hydrogen-bond acceptors (Lipinski definition) is 3.